The molecule has 0 bridgehead atoms. The number of nitrogens with zero attached hydrogens (tertiary/aromatic N) is 1. The van der Waals surface area contributed by atoms with Crippen molar-refractivity contribution in [1.29, 1.82) is 0 Å². The molecule has 0 spiro atoms. The molecule has 4 rings (SSSR count). The third-order valence-corrected chi connectivity index (χ3v) is 4.69. The second kappa shape index (κ2) is 5.92. The van der Waals surface area contributed by atoms with Crippen LogP contribution in [0.25, 0.3) is 10.2 Å². The summed E-state index contributed by atoms with van der Waals surface area (Å²) in [6.07, 6.45) is 0. The van der Waals surface area contributed by atoms with Gasteiger partial charge < -0.3 is 9.47 Å². The number of benzene rings is 2. The maximum Gasteiger partial charge on any atom is 0.258 e. The van der Waals surface area contributed by atoms with Crippen LogP contribution in [0.5, 0.6) is 11.5 Å². The highest BCUT2D eigenvalue weighted by atomic mass is 35.5. The van der Waals surface area contributed by atoms with E-state index in [0.717, 1.165) is 10.8 Å². The molecule has 0 saturated carbocycles. The highest BCUT2D eigenvalue weighted by Gasteiger charge is 2.17. The van der Waals surface area contributed by atoms with Gasteiger partial charge in [-0.2, -0.15) is 0 Å². The number of anilines is 1. The van der Waals surface area contributed by atoms with Gasteiger partial charge in [-0.15, -0.1) is 0 Å². The number of carbonyl (C=O) groups excluding carboxylic acids is 1. The second-order valence-electron chi connectivity index (χ2n) is 5.06. The third kappa shape index (κ3) is 2.76. The Kier molecular flexibility index (Phi) is 3.74. The number of thiazole rings is 1. The molecule has 24 heavy (non-hydrogen) atoms. The number of hydrogen-bond donors (Lipinski definition) is 1. The van der Waals surface area contributed by atoms with Crippen LogP contribution in [-0.4, -0.2) is 24.1 Å². The molecule has 2 heterocycles. The van der Waals surface area contributed by atoms with Crippen LogP contribution in [0.3, 0.4) is 0 Å². The van der Waals surface area contributed by atoms with E-state index in [1.165, 1.54) is 23.5 Å². The van der Waals surface area contributed by atoms with Gasteiger partial charge in [0, 0.05) is 12.1 Å². The van der Waals surface area contributed by atoms with Gasteiger partial charge in [0.05, 0.1) is 20.8 Å². The molecule has 0 fully saturated rings. The predicted octanol–water partition coefficient (Wildman–Crippen LogP) is 4.11. The highest BCUT2D eigenvalue weighted by Crippen LogP contribution is 2.38. The van der Waals surface area contributed by atoms with Crippen molar-refractivity contribution in [3.05, 3.63) is 46.7 Å². The Labute approximate surface area is 145 Å². The lowest BCUT2D eigenvalue weighted by Gasteiger charge is -2.17. The summed E-state index contributed by atoms with van der Waals surface area (Å²) in [5, 5.41) is 3.14. The molecule has 1 N–H and O–H groups in total. The van der Waals surface area contributed by atoms with Crippen molar-refractivity contribution in [2.75, 3.05) is 18.5 Å². The molecule has 1 amide bonds. The van der Waals surface area contributed by atoms with E-state index in [0.29, 0.717) is 35.4 Å². The molecule has 1 aliphatic heterocycles. The van der Waals surface area contributed by atoms with Crippen LogP contribution >= 0.6 is 22.9 Å². The van der Waals surface area contributed by atoms with Crippen LogP contribution in [0.15, 0.2) is 30.3 Å². The molecule has 8 heteroatoms. The van der Waals surface area contributed by atoms with E-state index in [-0.39, 0.29) is 10.6 Å². The maximum atomic E-state index is 13.1. The Morgan fingerprint density at radius 2 is 1.96 bits per heavy atom. The number of carbonyl (C=O) groups is 1. The Bertz CT molecular complexity index is 917. The van der Waals surface area contributed by atoms with Crippen LogP contribution in [-0.2, 0) is 0 Å². The normalized spacial score (nSPS) is 13.1. The first-order valence-electron chi connectivity index (χ1n) is 7.07. The quantitative estimate of drug-likeness (QED) is 0.743. The number of amides is 1. The first kappa shape index (κ1) is 15.2. The van der Waals surface area contributed by atoms with E-state index in [1.54, 1.807) is 6.07 Å². The smallest absolute Gasteiger partial charge is 0.258 e. The van der Waals surface area contributed by atoms with E-state index in [9.17, 15) is 9.18 Å². The first-order chi connectivity index (χ1) is 11.6. The number of ether oxygens (including phenoxy) is 2. The number of nitrogens with one attached hydrogen (secondary N) is 1. The summed E-state index contributed by atoms with van der Waals surface area (Å²) in [7, 11) is 0. The zero-order valence-corrected chi connectivity index (χ0v) is 13.7. The van der Waals surface area contributed by atoms with Gasteiger partial charge in [0.25, 0.3) is 5.91 Å². The van der Waals surface area contributed by atoms with Crippen LogP contribution in [0, 0.1) is 5.82 Å². The van der Waals surface area contributed by atoms with Gasteiger partial charge >= 0.3 is 0 Å². The van der Waals surface area contributed by atoms with Gasteiger partial charge in [-0.1, -0.05) is 22.9 Å². The number of fused-ring (bicyclic) bond motifs is 2. The second-order valence-corrected chi connectivity index (χ2v) is 6.50. The minimum Gasteiger partial charge on any atom is -0.486 e. The fourth-order valence-corrected chi connectivity index (χ4v) is 3.48. The molecule has 0 aliphatic carbocycles. The van der Waals surface area contributed by atoms with E-state index in [4.69, 9.17) is 21.1 Å². The van der Waals surface area contributed by atoms with Crippen molar-refractivity contribution in [2.24, 2.45) is 0 Å². The van der Waals surface area contributed by atoms with E-state index in [2.05, 4.69) is 10.3 Å². The van der Waals surface area contributed by atoms with Crippen LogP contribution in [0.1, 0.15) is 10.4 Å². The maximum absolute atomic E-state index is 13.1. The topological polar surface area (TPSA) is 60.5 Å². The van der Waals surface area contributed by atoms with Crippen molar-refractivity contribution in [1.82, 2.24) is 4.98 Å². The highest BCUT2D eigenvalue weighted by molar-refractivity contribution is 7.22. The number of aromatic nitrogens is 1. The molecule has 122 valence electrons. The number of halogens is 2. The van der Waals surface area contributed by atoms with E-state index < -0.39 is 11.7 Å². The first-order valence-corrected chi connectivity index (χ1v) is 8.26. The Morgan fingerprint density at radius 3 is 2.71 bits per heavy atom. The molecule has 5 nitrogen and oxygen atoms in total. The summed E-state index contributed by atoms with van der Waals surface area (Å²) >= 11 is 7.21. The summed E-state index contributed by atoms with van der Waals surface area (Å²) in [6.45, 7) is 0.999. The Balaban J connectivity index is 1.63. The Hall–Kier alpha value is -2.38. The van der Waals surface area contributed by atoms with Crippen molar-refractivity contribution < 1.29 is 18.7 Å². The lowest BCUT2D eigenvalue weighted by Crippen LogP contribution is -2.15. The van der Waals surface area contributed by atoms with Gasteiger partial charge in [0.15, 0.2) is 16.6 Å². The zero-order valence-electron chi connectivity index (χ0n) is 12.1. The molecule has 0 radical (unpaired) electrons. The van der Waals surface area contributed by atoms with E-state index in [1.807, 2.05) is 6.07 Å². The van der Waals surface area contributed by atoms with Gasteiger partial charge in [-0.25, -0.2) is 9.37 Å². The molecule has 0 saturated heterocycles. The minimum atomic E-state index is -0.498. The summed E-state index contributed by atoms with van der Waals surface area (Å²) in [5.74, 6) is 0.355. The Morgan fingerprint density at radius 1 is 1.21 bits per heavy atom. The fraction of sp³-hybridized carbons (Fsp3) is 0.125. The summed E-state index contributed by atoms with van der Waals surface area (Å²) < 4.78 is 25.0. The average molecular weight is 365 g/mol. The minimum absolute atomic E-state index is 0.0471. The van der Waals surface area contributed by atoms with Crippen molar-refractivity contribution in [3.8, 4) is 11.5 Å². The zero-order chi connectivity index (χ0) is 16.7. The van der Waals surface area contributed by atoms with E-state index >= 15 is 0 Å². The summed E-state index contributed by atoms with van der Waals surface area (Å²) in [6, 6.07) is 7.23. The third-order valence-electron chi connectivity index (χ3n) is 3.45. The SMILES string of the molecule is O=C(Nc1nc2cc3c(cc2s1)OCCO3)c1ccc(F)cc1Cl. The molecular formula is C16H10ClFN2O3S. The lowest BCUT2D eigenvalue weighted by molar-refractivity contribution is 0.102. The fourth-order valence-electron chi connectivity index (χ4n) is 2.36. The monoisotopic (exact) mass is 364 g/mol. The molecular weight excluding hydrogens is 355 g/mol. The van der Waals surface area contributed by atoms with Gasteiger partial charge in [0.1, 0.15) is 19.0 Å². The molecule has 3 aromatic rings. The van der Waals surface area contributed by atoms with Crippen molar-refractivity contribution in [2.45, 2.75) is 0 Å². The van der Waals surface area contributed by atoms with Crippen LogP contribution < -0.4 is 14.8 Å². The number of hydrogen-bond acceptors (Lipinski definition) is 5. The summed E-state index contributed by atoms with van der Waals surface area (Å²) in [5.41, 5.74) is 0.882. The van der Waals surface area contributed by atoms with Crippen LogP contribution in [0.2, 0.25) is 5.02 Å². The molecule has 2 aromatic carbocycles. The van der Waals surface area contributed by atoms with Crippen molar-refractivity contribution in [3.63, 3.8) is 0 Å². The molecule has 1 aromatic heterocycles. The largest absolute Gasteiger partial charge is 0.486 e. The predicted molar refractivity (Wildman–Crippen MR) is 90.0 cm³/mol. The number of rotatable bonds is 2. The van der Waals surface area contributed by atoms with Gasteiger partial charge in [0.2, 0.25) is 0 Å². The van der Waals surface area contributed by atoms with Crippen LogP contribution in [0.4, 0.5) is 9.52 Å². The molecule has 0 atom stereocenters. The average Bonchev–Trinajstić information content (AvgIpc) is 2.93. The van der Waals surface area contributed by atoms with Gasteiger partial charge in [-0.3, -0.25) is 10.1 Å². The van der Waals surface area contributed by atoms with Gasteiger partial charge in [-0.05, 0) is 18.2 Å². The molecule has 1 aliphatic rings. The lowest BCUT2D eigenvalue weighted by atomic mass is 10.2. The summed E-state index contributed by atoms with van der Waals surface area (Å²) in [4.78, 5) is 16.6. The standard InChI is InChI=1S/C16H10ClFN2O3S/c17-10-5-8(18)1-2-9(10)15(21)20-16-19-11-6-12-13(7-14(11)24-16)23-4-3-22-12/h1-2,5-7H,3-4H2,(H,19,20,21). The molecule has 0 unspecified atom stereocenters. The van der Waals surface area contributed by atoms with Crippen molar-refractivity contribution >= 4 is 44.2 Å².